The van der Waals surface area contributed by atoms with E-state index in [4.69, 9.17) is 4.74 Å². The molecule has 0 aliphatic carbocycles. The van der Waals surface area contributed by atoms with Crippen LogP contribution in [-0.2, 0) is 9.53 Å². The lowest BCUT2D eigenvalue weighted by Gasteiger charge is -2.36. The summed E-state index contributed by atoms with van der Waals surface area (Å²) in [5.74, 6) is 0.0640. The number of hydrogen-bond donors (Lipinski definition) is 1. The molecule has 21 heavy (non-hydrogen) atoms. The van der Waals surface area contributed by atoms with Gasteiger partial charge in [-0.3, -0.25) is 4.79 Å². The second kappa shape index (κ2) is 6.45. The van der Waals surface area contributed by atoms with Gasteiger partial charge in [0.25, 0.3) is 5.91 Å². The van der Waals surface area contributed by atoms with Crippen molar-refractivity contribution in [3.63, 3.8) is 0 Å². The number of carbonyl (C=O) groups excluding carboxylic acids is 1. The van der Waals surface area contributed by atoms with E-state index in [0.717, 1.165) is 50.4 Å². The van der Waals surface area contributed by atoms with Gasteiger partial charge in [-0.25, -0.2) is 0 Å². The van der Waals surface area contributed by atoms with E-state index in [-0.39, 0.29) is 18.6 Å². The average Bonchev–Trinajstić information content (AvgIpc) is 2.54. The molecule has 1 fully saturated rings. The van der Waals surface area contributed by atoms with Crippen molar-refractivity contribution >= 4 is 17.3 Å². The monoisotopic (exact) mass is 289 g/mol. The number of nitrogens with zero attached hydrogens (tertiary/aromatic N) is 2. The minimum absolute atomic E-state index is 0.0640. The van der Waals surface area contributed by atoms with Gasteiger partial charge in [-0.05, 0) is 38.1 Å². The summed E-state index contributed by atoms with van der Waals surface area (Å²) in [6, 6.07) is 8.05. The molecule has 0 spiro atoms. The van der Waals surface area contributed by atoms with E-state index in [9.17, 15) is 4.79 Å². The van der Waals surface area contributed by atoms with Crippen molar-refractivity contribution < 1.29 is 9.53 Å². The Morgan fingerprint density at radius 2 is 1.95 bits per heavy atom. The number of benzene rings is 1. The quantitative estimate of drug-likeness (QED) is 0.909. The number of piperidine rings is 1. The molecule has 1 amide bonds. The van der Waals surface area contributed by atoms with Gasteiger partial charge in [-0.1, -0.05) is 12.1 Å². The third-order valence-corrected chi connectivity index (χ3v) is 4.27. The number of hydrogen-bond acceptors (Lipinski definition) is 4. The molecule has 5 heteroatoms. The molecule has 0 aromatic heterocycles. The Balaban J connectivity index is 1.63. The van der Waals surface area contributed by atoms with Crippen molar-refractivity contribution in [2.75, 3.05) is 49.6 Å². The van der Waals surface area contributed by atoms with Crippen LogP contribution in [0.15, 0.2) is 24.3 Å². The van der Waals surface area contributed by atoms with Gasteiger partial charge in [-0.2, -0.15) is 0 Å². The van der Waals surface area contributed by atoms with Crippen LogP contribution in [0.2, 0.25) is 0 Å². The Morgan fingerprint density at radius 1 is 1.24 bits per heavy atom. The molecule has 1 N–H and O–H groups in total. The summed E-state index contributed by atoms with van der Waals surface area (Å²) in [6.07, 6.45) is 2.21. The molecule has 0 bridgehead atoms. The molecule has 0 unspecified atom stereocenters. The second-order valence-electron chi connectivity index (χ2n) is 5.72. The van der Waals surface area contributed by atoms with E-state index < -0.39 is 0 Å². The predicted molar refractivity (Wildman–Crippen MR) is 83.9 cm³/mol. The van der Waals surface area contributed by atoms with E-state index in [1.807, 2.05) is 23.1 Å². The van der Waals surface area contributed by atoms with Gasteiger partial charge < -0.3 is 19.9 Å². The number of anilines is 2. The Morgan fingerprint density at radius 3 is 2.71 bits per heavy atom. The zero-order valence-corrected chi connectivity index (χ0v) is 12.5. The van der Waals surface area contributed by atoms with Gasteiger partial charge in [0.15, 0.2) is 0 Å². The summed E-state index contributed by atoms with van der Waals surface area (Å²) in [5.41, 5.74) is 2.10. The van der Waals surface area contributed by atoms with Crippen LogP contribution in [0.4, 0.5) is 11.4 Å². The minimum Gasteiger partial charge on any atom is -0.371 e. The number of nitrogens with one attached hydrogen (secondary N) is 1. The molecule has 1 aromatic carbocycles. The zero-order chi connectivity index (χ0) is 14.7. The fourth-order valence-corrected chi connectivity index (χ4v) is 2.99. The van der Waals surface area contributed by atoms with Crippen molar-refractivity contribution in [2.24, 2.45) is 0 Å². The molecule has 3 rings (SSSR count). The standard InChI is InChI=1S/C16H23N3O2/c1-18-10-11-19(15-5-3-2-4-14(15)18)16(20)12-21-13-6-8-17-9-7-13/h2-5,13,17H,6-12H2,1H3. The predicted octanol–water partition coefficient (Wildman–Crippen LogP) is 1.24. The third kappa shape index (κ3) is 3.19. The first-order valence-corrected chi connectivity index (χ1v) is 7.68. The molecule has 1 aromatic rings. The summed E-state index contributed by atoms with van der Waals surface area (Å²) in [4.78, 5) is 16.5. The first kappa shape index (κ1) is 14.4. The van der Waals surface area contributed by atoms with Gasteiger partial charge in [0.2, 0.25) is 0 Å². The molecule has 114 valence electrons. The van der Waals surface area contributed by atoms with Crippen LogP contribution >= 0.6 is 0 Å². The van der Waals surface area contributed by atoms with Gasteiger partial charge in [-0.15, -0.1) is 0 Å². The number of amides is 1. The van der Waals surface area contributed by atoms with Crippen LogP contribution in [-0.4, -0.2) is 51.8 Å². The number of carbonyl (C=O) groups is 1. The first-order valence-electron chi connectivity index (χ1n) is 7.68. The molecule has 2 aliphatic rings. The van der Waals surface area contributed by atoms with Crippen molar-refractivity contribution in [3.8, 4) is 0 Å². The van der Waals surface area contributed by atoms with E-state index in [1.54, 1.807) is 0 Å². The number of fused-ring (bicyclic) bond motifs is 1. The van der Waals surface area contributed by atoms with Crippen LogP contribution in [0.3, 0.4) is 0 Å². The Labute approximate surface area is 125 Å². The van der Waals surface area contributed by atoms with E-state index in [0.29, 0.717) is 0 Å². The normalized spacial score (nSPS) is 19.5. The van der Waals surface area contributed by atoms with Crippen LogP contribution < -0.4 is 15.1 Å². The number of ether oxygens (including phenoxy) is 1. The van der Waals surface area contributed by atoms with Crippen molar-refractivity contribution in [3.05, 3.63) is 24.3 Å². The zero-order valence-electron chi connectivity index (χ0n) is 12.5. The van der Waals surface area contributed by atoms with Crippen molar-refractivity contribution in [2.45, 2.75) is 18.9 Å². The fraction of sp³-hybridized carbons (Fsp3) is 0.562. The highest BCUT2D eigenvalue weighted by Crippen LogP contribution is 2.31. The Bertz CT molecular complexity index is 500. The van der Waals surface area contributed by atoms with Gasteiger partial charge in [0.1, 0.15) is 6.61 Å². The maximum atomic E-state index is 12.5. The topological polar surface area (TPSA) is 44.8 Å². The first-order chi connectivity index (χ1) is 10.3. The number of rotatable bonds is 3. The highest BCUT2D eigenvalue weighted by Gasteiger charge is 2.25. The second-order valence-corrected chi connectivity index (χ2v) is 5.72. The van der Waals surface area contributed by atoms with E-state index in [1.165, 1.54) is 0 Å². The third-order valence-electron chi connectivity index (χ3n) is 4.27. The molecule has 5 nitrogen and oxygen atoms in total. The van der Waals surface area contributed by atoms with E-state index in [2.05, 4.69) is 23.3 Å². The number of para-hydroxylation sites is 2. The molecule has 2 aliphatic heterocycles. The molecule has 0 saturated carbocycles. The molecule has 2 heterocycles. The minimum atomic E-state index is 0.0640. The summed E-state index contributed by atoms with van der Waals surface area (Å²) in [6.45, 7) is 3.73. The van der Waals surface area contributed by atoms with E-state index >= 15 is 0 Å². The van der Waals surface area contributed by atoms with Crippen molar-refractivity contribution in [1.29, 1.82) is 0 Å². The Hall–Kier alpha value is -1.59. The molecule has 0 atom stereocenters. The average molecular weight is 289 g/mol. The van der Waals surface area contributed by atoms with Crippen LogP contribution in [0.5, 0.6) is 0 Å². The van der Waals surface area contributed by atoms with Crippen LogP contribution in [0.1, 0.15) is 12.8 Å². The summed E-state index contributed by atoms with van der Waals surface area (Å²) in [5, 5.41) is 3.30. The van der Waals surface area contributed by atoms with Crippen LogP contribution in [0, 0.1) is 0 Å². The SMILES string of the molecule is CN1CCN(C(=O)COC2CCNCC2)c2ccccc21. The lowest BCUT2D eigenvalue weighted by molar-refractivity contribution is -0.125. The lowest BCUT2D eigenvalue weighted by atomic mass is 10.1. The molecule has 1 saturated heterocycles. The smallest absolute Gasteiger partial charge is 0.253 e. The summed E-state index contributed by atoms with van der Waals surface area (Å²) in [7, 11) is 2.06. The summed E-state index contributed by atoms with van der Waals surface area (Å²) < 4.78 is 5.80. The molecular formula is C16H23N3O2. The summed E-state index contributed by atoms with van der Waals surface area (Å²) >= 11 is 0. The van der Waals surface area contributed by atoms with Gasteiger partial charge in [0.05, 0.1) is 17.5 Å². The van der Waals surface area contributed by atoms with Gasteiger partial charge >= 0.3 is 0 Å². The maximum Gasteiger partial charge on any atom is 0.253 e. The molecule has 0 radical (unpaired) electrons. The highest BCUT2D eigenvalue weighted by atomic mass is 16.5. The largest absolute Gasteiger partial charge is 0.371 e. The molecular weight excluding hydrogens is 266 g/mol. The Kier molecular flexibility index (Phi) is 4.41. The maximum absolute atomic E-state index is 12.5. The number of likely N-dealkylation sites (N-methyl/N-ethyl adjacent to an activating group) is 1. The highest BCUT2D eigenvalue weighted by molar-refractivity contribution is 5.98. The van der Waals surface area contributed by atoms with Gasteiger partial charge in [0, 0.05) is 20.1 Å². The van der Waals surface area contributed by atoms with Crippen molar-refractivity contribution in [1.82, 2.24) is 5.32 Å². The van der Waals surface area contributed by atoms with Crippen LogP contribution in [0.25, 0.3) is 0 Å². The fourth-order valence-electron chi connectivity index (χ4n) is 2.99. The lowest BCUT2D eigenvalue weighted by Crippen LogP contribution is -2.45.